The van der Waals surface area contributed by atoms with Crippen molar-refractivity contribution in [2.45, 2.75) is 0 Å². The molecule has 246 valence electrons. The second-order valence-corrected chi connectivity index (χ2v) is 15.2. The summed E-state index contributed by atoms with van der Waals surface area (Å²) in [6.07, 6.45) is 0. The van der Waals surface area contributed by atoms with Crippen LogP contribution in [0.4, 0.5) is 0 Å². The van der Waals surface area contributed by atoms with Crippen LogP contribution in [-0.4, -0.2) is 18.6 Å². The van der Waals surface area contributed by atoms with Gasteiger partial charge in [0.1, 0.15) is 16.9 Å². The Kier molecular flexibility index (Phi) is 7.53. The lowest BCUT2D eigenvalue weighted by Crippen LogP contribution is -2.03. The second-order valence-electron chi connectivity index (χ2n) is 12.5. The third-order valence-electron chi connectivity index (χ3n) is 9.32. The highest BCUT2D eigenvalue weighted by atomic mass is 127. The zero-order valence-electron chi connectivity index (χ0n) is 27.7. The quantitative estimate of drug-likeness (QED) is 0.157. The fourth-order valence-electron chi connectivity index (χ4n) is 6.82. The number of hydrogen-bond donors (Lipinski definition) is 0. The minimum absolute atomic E-state index is 0.453. The molecule has 9 aromatic rings. The molecule has 1 aliphatic rings. The molecule has 0 N–H and O–H groups in total. The molecule has 0 radical (unpaired) electrons. The molecule has 0 saturated carbocycles. The molecule has 5 nitrogen and oxygen atoms in total. The molecular formula is C46H28IN3O2. The van der Waals surface area contributed by atoms with E-state index in [0.29, 0.717) is 17.5 Å². The van der Waals surface area contributed by atoms with E-state index in [1.807, 2.05) is 54.6 Å². The number of para-hydroxylation sites is 2. The molecule has 2 aromatic heterocycles. The minimum Gasteiger partial charge on any atom is -0.455 e. The highest BCUT2D eigenvalue weighted by Gasteiger charge is 2.22. The number of hydrogen-bond acceptors (Lipinski definition) is 5. The first kappa shape index (κ1) is 30.6. The smallest absolute Gasteiger partial charge is 0.167 e. The van der Waals surface area contributed by atoms with Crippen LogP contribution in [0.2, 0.25) is 0 Å². The van der Waals surface area contributed by atoms with Crippen molar-refractivity contribution in [2.75, 3.05) is 0 Å². The third kappa shape index (κ3) is 5.39. The highest BCUT2D eigenvalue weighted by Crippen LogP contribution is 2.43. The van der Waals surface area contributed by atoms with Gasteiger partial charge in [-0.2, -0.15) is 0 Å². The van der Waals surface area contributed by atoms with Crippen LogP contribution < -0.4 is 4.74 Å². The monoisotopic (exact) mass is 781 g/mol. The molecule has 1 aliphatic heterocycles. The first-order chi connectivity index (χ1) is 25.8. The molecule has 10 rings (SSSR count). The molecule has 6 heteroatoms. The summed E-state index contributed by atoms with van der Waals surface area (Å²) in [4.78, 5) is 15.3. The van der Waals surface area contributed by atoms with Crippen LogP contribution in [0.15, 0.2) is 174 Å². The fraction of sp³-hybridized carbons (Fsp3) is 0. The number of halogens is 1. The van der Waals surface area contributed by atoms with Gasteiger partial charge in [-0.1, -0.05) is 152 Å². The topological polar surface area (TPSA) is 61.0 Å². The van der Waals surface area contributed by atoms with Crippen molar-refractivity contribution in [3.63, 3.8) is 0 Å². The molecular weight excluding hydrogens is 753 g/mol. The zero-order chi connectivity index (χ0) is 34.4. The predicted octanol–water partition coefficient (Wildman–Crippen LogP) is 11.8. The molecule has 0 unspecified atom stereocenters. The third-order valence-corrected chi connectivity index (χ3v) is 12.1. The molecule has 52 heavy (non-hydrogen) atoms. The number of benzene rings is 7. The lowest BCUT2D eigenvalue weighted by Gasteiger charge is -2.12. The molecule has 0 atom stereocenters. The number of aromatic nitrogens is 3. The Balaban J connectivity index is 1.13. The van der Waals surface area contributed by atoms with E-state index in [0.717, 1.165) is 75.9 Å². The van der Waals surface area contributed by atoms with Crippen molar-refractivity contribution in [1.82, 2.24) is 15.0 Å². The summed E-state index contributed by atoms with van der Waals surface area (Å²) in [6.45, 7) is 0. The van der Waals surface area contributed by atoms with Crippen molar-refractivity contribution in [3.8, 4) is 62.2 Å². The number of fused-ring (bicyclic) bond motifs is 4. The molecule has 0 amide bonds. The van der Waals surface area contributed by atoms with E-state index in [-0.39, 0.29) is 0 Å². The molecule has 0 spiro atoms. The van der Waals surface area contributed by atoms with Gasteiger partial charge in [-0.3, -0.25) is 0 Å². The Morgan fingerprint density at radius 1 is 0.385 bits per heavy atom. The van der Waals surface area contributed by atoms with Gasteiger partial charge in [-0.05, 0) is 55.6 Å². The van der Waals surface area contributed by atoms with Gasteiger partial charge >= 0.3 is 0 Å². The van der Waals surface area contributed by atoms with Gasteiger partial charge in [0.25, 0.3) is 0 Å². The molecule has 0 bridgehead atoms. The number of nitrogens with zero attached hydrogens (tertiary/aromatic N) is 3. The van der Waals surface area contributed by atoms with Gasteiger partial charge in [0.2, 0.25) is 0 Å². The summed E-state index contributed by atoms with van der Waals surface area (Å²) < 4.78 is 15.6. The predicted molar refractivity (Wildman–Crippen MR) is 218 cm³/mol. The van der Waals surface area contributed by atoms with Crippen molar-refractivity contribution < 1.29 is 9.15 Å². The van der Waals surface area contributed by atoms with E-state index in [9.17, 15) is 0 Å². The molecule has 7 aromatic carbocycles. The van der Waals surface area contributed by atoms with Crippen LogP contribution in [0.1, 0.15) is 5.56 Å². The standard InChI is InChI=1S/C46H28IN3O2/c1-4-14-29(15-5-1)33-20-10-11-21-37(33)45-48-44(31-18-8-3-9-19-31)49-46(50-45)38-25-13-24-36-35-23-12-22-34(41(35)52-42(36)38)32-26-27-40-39(28-32)47-43(51-40)30-16-6-2-7-17-30/h1-28H. The maximum absolute atomic E-state index is 6.89. The van der Waals surface area contributed by atoms with Gasteiger partial charge < -0.3 is 9.15 Å². The summed E-state index contributed by atoms with van der Waals surface area (Å²) in [5.74, 6) is 2.71. The summed E-state index contributed by atoms with van der Waals surface area (Å²) in [6, 6.07) is 58.2. The van der Waals surface area contributed by atoms with Crippen molar-refractivity contribution in [1.29, 1.82) is 0 Å². The van der Waals surface area contributed by atoms with E-state index in [4.69, 9.17) is 24.1 Å². The normalized spacial score (nSPS) is 12.3. The van der Waals surface area contributed by atoms with Crippen LogP contribution in [0.5, 0.6) is 5.75 Å². The van der Waals surface area contributed by atoms with Gasteiger partial charge in [-0.15, -0.1) is 0 Å². The summed E-state index contributed by atoms with van der Waals surface area (Å²) in [7, 11) is 0. The lowest BCUT2D eigenvalue weighted by molar-refractivity contribution is 0.567. The molecule has 3 heterocycles. The average Bonchev–Trinajstić information content (AvgIpc) is 3.83. The van der Waals surface area contributed by atoms with Crippen LogP contribution in [0.25, 0.3) is 78.4 Å². The fourth-order valence-corrected chi connectivity index (χ4v) is 9.41. The Morgan fingerprint density at radius 3 is 1.63 bits per heavy atom. The highest BCUT2D eigenvalue weighted by molar-refractivity contribution is 14.2. The van der Waals surface area contributed by atoms with Crippen molar-refractivity contribution in [3.05, 3.63) is 179 Å². The minimum atomic E-state index is -0.453. The first-order valence-corrected chi connectivity index (χ1v) is 19.2. The summed E-state index contributed by atoms with van der Waals surface area (Å²) >= 11 is -0.453. The van der Waals surface area contributed by atoms with Gasteiger partial charge in [0.15, 0.2) is 21.2 Å². The Labute approximate surface area is 310 Å². The molecule has 0 saturated heterocycles. The van der Waals surface area contributed by atoms with Crippen LogP contribution >= 0.6 is 20.7 Å². The Bertz CT molecular complexity index is 2810. The van der Waals surface area contributed by atoms with Gasteiger partial charge in [0.05, 0.1) is 9.13 Å². The molecule has 0 aliphatic carbocycles. The number of furan rings is 1. The van der Waals surface area contributed by atoms with E-state index < -0.39 is 20.7 Å². The second kappa shape index (κ2) is 12.8. The van der Waals surface area contributed by atoms with E-state index in [2.05, 4.69) is 115 Å². The van der Waals surface area contributed by atoms with Crippen LogP contribution in [-0.2, 0) is 0 Å². The Hall–Kier alpha value is -6.25. The van der Waals surface area contributed by atoms with Crippen LogP contribution in [0.3, 0.4) is 0 Å². The zero-order valence-corrected chi connectivity index (χ0v) is 29.9. The number of rotatable bonds is 6. The summed E-state index contributed by atoms with van der Waals surface area (Å²) in [5, 5.41) is 2.06. The van der Waals surface area contributed by atoms with Gasteiger partial charge in [0, 0.05) is 33.0 Å². The van der Waals surface area contributed by atoms with Gasteiger partial charge in [-0.25, -0.2) is 15.0 Å². The Morgan fingerprint density at radius 2 is 0.923 bits per heavy atom. The lowest BCUT2D eigenvalue weighted by atomic mass is 9.99. The van der Waals surface area contributed by atoms with E-state index in [1.165, 1.54) is 3.57 Å². The largest absolute Gasteiger partial charge is 0.455 e. The van der Waals surface area contributed by atoms with Crippen molar-refractivity contribution in [2.24, 2.45) is 0 Å². The first-order valence-electron chi connectivity index (χ1n) is 17.1. The van der Waals surface area contributed by atoms with E-state index in [1.54, 1.807) is 0 Å². The van der Waals surface area contributed by atoms with E-state index >= 15 is 0 Å². The number of ether oxygens (including phenoxy) is 1. The van der Waals surface area contributed by atoms with Crippen molar-refractivity contribution >= 4 is 46.4 Å². The SMILES string of the molecule is c1ccc(C2=Ic3cc(-c4cccc5c4oc4c(-c6nc(-c7ccccc7)nc(-c7ccccc7-c7ccccc7)n6)cccc45)ccc3O2)cc1. The maximum Gasteiger partial charge on any atom is 0.167 e. The average molecular weight is 782 g/mol. The summed E-state index contributed by atoms with van der Waals surface area (Å²) in [5.41, 5.74) is 9.70. The van der Waals surface area contributed by atoms with Crippen LogP contribution in [0, 0.1) is 3.57 Å². The maximum atomic E-state index is 6.89. The molecule has 0 fully saturated rings.